The van der Waals surface area contributed by atoms with Crippen LogP contribution < -0.4 is 0 Å². The van der Waals surface area contributed by atoms with Gasteiger partial charge in [-0.1, -0.05) is 30.1 Å². The van der Waals surface area contributed by atoms with E-state index in [1.165, 1.54) is 18.2 Å². The number of halogens is 2. The molecule has 1 aromatic rings. The average molecular weight is 354 g/mol. The molecule has 1 rings (SSSR count). The summed E-state index contributed by atoms with van der Waals surface area (Å²) in [7, 11) is -3.91. The van der Waals surface area contributed by atoms with E-state index in [2.05, 4.69) is 0 Å². The van der Waals surface area contributed by atoms with Gasteiger partial charge in [0, 0.05) is 11.6 Å². The van der Waals surface area contributed by atoms with Crippen molar-refractivity contribution >= 4 is 39.2 Å². The van der Waals surface area contributed by atoms with Gasteiger partial charge < -0.3 is 4.74 Å². The van der Waals surface area contributed by atoms with Gasteiger partial charge in [-0.25, -0.2) is 8.42 Å². The van der Waals surface area contributed by atoms with Crippen LogP contribution in [0.3, 0.4) is 0 Å². The highest BCUT2D eigenvalue weighted by Crippen LogP contribution is 2.27. The van der Waals surface area contributed by atoms with E-state index in [4.69, 9.17) is 27.9 Å². The Morgan fingerprint density at radius 3 is 2.52 bits per heavy atom. The first kappa shape index (κ1) is 18.2. The van der Waals surface area contributed by atoms with Crippen LogP contribution >= 0.6 is 23.2 Å². The number of hydrogen-bond donors (Lipinski definition) is 0. The molecule has 21 heavy (non-hydrogen) atoms. The number of sulfonamides is 1. The lowest BCUT2D eigenvalue weighted by Gasteiger charge is -2.21. The second-order valence-corrected chi connectivity index (χ2v) is 6.97. The predicted molar refractivity (Wildman–Crippen MR) is 82.1 cm³/mol. The molecule has 0 fully saturated rings. The molecule has 0 heterocycles. The lowest BCUT2D eigenvalue weighted by atomic mass is 10.4. The largest absolute Gasteiger partial charge is 0.465 e. The van der Waals surface area contributed by atoms with Crippen LogP contribution in [0.25, 0.3) is 0 Å². The summed E-state index contributed by atoms with van der Waals surface area (Å²) >= 11 is 11.8. The summed E-state index contributed by atoms with van der Waals surface area (Å²) < 4.78 is 31.1. The number of rotatable bonds is 7. The zero-order valence-corrected chi connectivity index (χ0v) is 14.1. The summed E-state index contributed by atoms with van der Waals surface area (Å²) in [5, 5.41) is 0.315. The lowest BCUT2D eigenvalue weighted by Crippen LogP contribution is -2.37. The maximum absolute atomic E-state index is 12.6. The smallest absolute Gasteiger partial charge is 0.321 e. The van der Waals surface area contributed by atoms with Crippen molar-refractivity contribution in [1.29, 1.82) is 0 Å². The summed E-state index contributed by atoms with van der Waals surface area (Å²) in [4.78, 5) is 11.5. The normalized spacial score (nSPS) is 11.7. The first-order valence-corrected chi connectivity index (χ1v) is 8.63. The van der Waals surface area contributed by atoms with E-state index in [1.807, 2.05) is 6.92 Å². The van der Waals surface area contributed by atoms with Crippen molar-refractivity contribution in [3.05, 3.63) is 28.2 Å². The second-order valence-electron chi connectivity index (χ2n) is 4.22. The first-order valence-electron chi connectivity index (χ1n) is 6.43. The molecule has 0 aliphatic rings. The van der Waals surface area contributed by atoms with Crippen LogP contribution in [0.1, 0.15) is 20.3 Å². The highest BCUT2D eigenvalue weighted by Gasteiger charge is 2.28. The number of nitrogens with zero attached hydrogens (tertiary/aromatic N) is 1. The molecule has 0 N–H and O–H groups in total. The van der Waals surface area contributed by atoms with Crippen LogP contribution in [-0.4, -0.2) is 38.4 Å². The number of carbonyl (C=O) groups excluding carboxylic acids is 1. The standard InChI is InChI=1S/C13H17Cl2NO4S/c1-3-7-16(9-13(17)20-4-2)21(18,19)12-8-10(14)5-6-11(12)15/h5-6,8H,3-4,7,9H2,1-2H3. The van der Waals surface area contributed by atoms with Crippen LogP contribution in [0.4, 0.5) is 0 Å². The Kier molecular flexibility index (Phi) is 6.93. The molecule has 0 bridgehead atoms. The molecule has 5 nitrogen and oxygen atoms in total. The van der Waals surface area contributed by atoms with Crippen molar-refractivity contribution in [2.75, 3.05) is 19.7 Å². The van der Waals surface area contributed by atoms with Gasteiger partial charge in [0.05, 0.1) is 11.6 Å². The number of benzene rings is 1. The summed E-state index contributed by atoms with van der Waals surface area (Å²) in [6.07, 6.45) is 0.552. The number of carbonyl (C=O) groups is 1. The molecule has 0 atom stereocenters. The fourth-order valence-corrected chi connectivity index (χ4v) is 3.91. The van der Waals surface area contributed by atoms with Gasteiger partial charge in [-0.15, -0.1) is 0 Å². The van der Waals surface area contributed by atoms with Crippen molar-refractivity contribution in [1.82, 2.24) is 4.31 Å². The van der Waals surface area contributed by atoms with Gasteiger partial charge in [0.15, 0.2) is 0 Å². The van der Waals surface area contributed by atoms with Gasteiger partial charge in [-0.3, -0.25) is 4.79 Å². The van der Waals surface area contributed by atoms with Crippen molar-refractivity contribution in [2.24, 2.45) is 0 Å². The average Bonchev–Trinajstić information content (AvgIpc) is 2.41. The Balaban J connectivity index is 3.15. The van der Waals surface area contributed by atoms with E-state index in [0.29, 0.717) is 6.42 Å². The maximum Gasteiger partial charge on any atom is 0.321 e. The minimum atomic E-state index is -3.91. The molecular weight excluding hydrogens is 337 g/mol. The highest BCUT2D eigenvalue weighted by molar-refractivity contribution is 7.89. The summed E-state index contributed by atoms with van der Waals surface area (Å²) in [5.41, 5.74) is 0. The third-order valence-electron chi connectivity index (χ3n) is 2.59. The number of hydrogen-bond acceptors (Lipinski definition) is 4. The molecule has 0 unspecified atom stereocenters. The van der Waals surface area contributed by atoms with Gasteiger partial charge >= 0.3 is 5.97 Å². The van der Waals surface area contributed by atoms with Crippen molar-refractivity contribution in [3.63, 3.8) is 0 Å². The molecule has 0 spiro atoms. The van der Waals surface area contributed by atoms with E-state index >= 15 is 0 Å². The lowest BCUT2D eigenvalue weighted by molar-refractivity contribution is -0.143. The molecule has 8 heteroatoms. The minimum Gasteiger partial charge on any atom is -0.465 e. The van der Waals surface area contributed by atoms with Gasteiger partial charge in [-0.05, 0) is 31.5 Å². The van der Waals surface area contributed by atoms with Crippen LogP contribution in [-0.2, 0) is 19.6 Å². The molecule has 0 aliphatic heterocycles. The van der Waals surface area contributed by atoms with Crippen LogP contribution in [0, 0.1) is 0 Å². The summed E-state index contributed by atoms with van der Waals surface area (Å²) in [5.74, 6) is -0.604. The second kappa shape index (κ2) is 7.98. The maximum atomic E-state index is 12.6. The monoisotopic (exact) mass is 353 g/mol. The topological polar surface area (TPSA) is 63.7 Å². The van der Waals surface area contributed by atoms with Gasteiger partial charge in [0.2, 0.25) is 10.0 Å². The Morgan fingerprint density at radius 2 is 1.95 bits per heavy atom. The zero-order chi connectivity index (χ0) is 16.0. The van der Waals surface area contributed by atoms with Crippen LogP contribution in [0.15, 0.2) is 23.1 Å². The Bertz CT molecular complexity index is 604. The van der Waals surface area contributed by atoms with Crippen molar-refractivity contribution in [3.8, 4) is 0 Å². The molecule has 0 aromatic heterocycles. The SMILES string of the molecule is CCCN(CC(=O)OCC)S(=O)(=O)c1cc(Cl)ccc1Cl. The predicted octanol–water partition coefficient (Wildman–Crippen LogP) is 2.96. The first-order chi connectivity index (χ1) is 9.82. The molecule has 0 saturated carbocycles. The molecule has 0 amide bonds. The number of ether oxygens (including phenoxy) is 1. The van der Waals surface area contributed by atoms with E-state index in [9.17, 15) is 13.2 Å². The van der Waals surface area contributed by atoms with Crippen molar-refractivity contribution < 1.29 is 17.9 Å². The summed E-state index contributed by atoms with van der Waals surface area (Å²) in [6, 6.07) is 4.18. The van der Waals surface area contributed by atoms with E-state index in [1.54, 1.807) is 6.92 Å². The van der Waals surface area contributed by atoms with Crippen LogP contribution in [0.2, 0.25) is 10.0 Å². The van der Waals surface area contributed by atoms with Crippen molar-refractivity contribution in [2.45, 2.75) is 25.2 Å². The van der Waals surface area contributed by atoms with Crippen LogP contribution in [0.5, 0.6) is 0 Å². The van der Waals surface area contributed by atoms with E-state index < -0.39 is 16.0 Å². The molecule has 0 aliphatic carbocycles. The molecule has 0 saturated heterocycles. The molecule has 0 radical (unpaired) electrons. The van der Waals surface area contributed by atoms with Gasteiger partial charge in [-0.2, -0.15) is 4.31 Å². The van der Waals surface area contributed by atoms with Gasteiger partial charge in [0.25, 0.3) is 0 Å². The van der Waals surface area contributed by atoms with E-state index in [-0.39, 0.29) is 34.6 Å². The number of esters is 1. The summed E-state index contributed by atoms with van der Waals surface area (Å²) in [6.45, 7) is 3.49. The zero-order valence-electron chi connectivity index (χ0n) is 11.8. The fourth-order valence-electron chi connectivity index (χ4n) is 1.70. The molecule has 1 aromatic carbocycles. The third-order valence-corrected chi connectivity index (χ3v) is 5.16. The third kappa shape index (κ3) is 4.85. The highest BCUT2D eigenvalue weighted by atomic mass is 35.5. The molecule has 118 valence electrons. The van der Waals surface area contributed by atoms with Gasteiger partial charge in [0.1, 0.15) is 11.4 Å². The molecular formula is C13H17Cl2NO4S. The minimum absolute atomic E-state index is 0.0596. The fraction of sp³-hybridized carbons (Fsp3) is 0.462. The Hall–Kier alpha value is -0.820. The quantitative estimate of drug-likeness (QED) is 0.707. The van der Waals surface area contributed by atoms with E-state index in [0.717, 1.165) is 4.31 Å². The Morgan fingerprint density at radius 1 is 1.29 bits per heavy atom. The Labute approximate surface area is 134 Å².